The first-order chi connectivity index (χ1) is 6.83. The minimum Gasteiger partial charge on any atom is -0.466 e. The summed E-state index contributed by atoms with van der Waals surface area (Å²) in [6.07, 6.45) is 0. The summed E-state index contributed by atoms with van der Waals surface area (Å²) < 4.78 is 4.24. The van der Waals surface area contributed by atoms with Gasteiger partial charge in [-0.25, -0.2) is 0 Å². The summed E-state index contributed by atoms with van der Waals surface area (Å²) in [5.74, 6) is -0.203. The summed E-state index contributed by atoms with van der Waals surface area (Å²) in [5.41, 5.74) is 5.16. The molecule has 1 atom stereocenters. The number of ether oxygens (including phenoxy) is 1. The van der Waals surface area contributed by atoms with E-state index in [1.807, 2.05) is 0 Å². The Bertz CT molecular complexity index is 396. The van der Waals surface area contributed by atoms with Crippen LogP contribution in [0.3, 0.4) is 0 Å². The smallest absolute Gasteiger partial charge is 0.271 e. The normalized spacial score (nSPS) is 14.4. The number of halogens is 3. The maximum Gasteiger partial charge on any atom is 0.271 e. The van der Waals surface area contributed by atoms with Crippen molar-refractivity contribution in [1.29, 1.82) is 0 Å². The molecule has 0 fully saturated rings. The van der Waals surface area contributed by atoms with Crippen molar-refractivity contribution in [2.45, 2.75) is 10.5 Å². The molecule has 1 aromatic rings. The molecule has 2 N–H and O–H groups in total. The molecule has 1 unspecified atom stereocenters. The van der Waals surface area contributed by atoms with Crippen LogP contribution in [0.15, 0.2) is 18.2 Å². The van der Waals surface area contributed by atoms with E-state index in [-0.39, 0.29) is 0 Å². The molecule has 0 aliphatic carbocycles. The zero-order valence-corrected chi connectivity index (χ0v) is 11.4. The van der Waals surface area contributed by atoms with Crippen molar-refractivity contribution in [2.24, 2.45) is 5.73 Å². The van der Waals surface area contributed by atoms with Gasteiger partial charge in [0.05, 0.1) is 5.02 Å². The van der Waals surface area contributed by atoms with Gasteiger partial charge < -0.3 is 10.5 Å². The second kappa shape index (κ2) is 4.76. The highest BCUT2D eigenvalue weighted by Crippen LogP contribution is 2.32. The predicted molar refractivity (Wildman–Crippen MR) is 68.7 cm³/mol. The maximum atomic E-state index is 11.0. The average molecular weight is 360 g/mol. The number of rotatable bonds is 3. The van der Waals surface area contributed by atoms with Crippen molar-refractivity contribution in [2.75, 3.05) is 0 Å². The molecule has 0 aliphatic heterocycles. The van der Waals surface area contributed by atoms with Gasteiger partial charge in [0.1, 0.15) is 5.75 Å². The number of hydrogen-bond acceptors (Lipinski definition) is 2. The van der Waals surface area contributed by atoms with Gasteiger partial charge in [-0.1, -0.05) is 23.2 Å². The van der Waals surface area contributed by atoms with Crippen LogP contribution in [0, 0.1) is 0 Å². The Morgan fingerprint density at radius 3 is 2.60 bits per heavy atom. The summed E-state index contributed by atoms with van der Waals surface area (Å²) in [5, 5.41) is 0.841. The molecule has 0 heterocycles. The van der Waals surface area contributed by atoms with E-state index in [9.17, 15) is 4.79 Å². The Morgan fingerprint density at radius 1 is 1.53 bits per heavy atom. The number of carbonyl (C=O) groups is 1. The van der Waals surface area contributed by atoms with Gasteiger partial charge in [-0.15, -0.1) is 0 Å². The van der Waals surface area contributed by atoms with Crippen molar-refractivity contribution in [3.63, 3.8) is 0 Å². The highest BCUT2D eigenvalue weighted by atomic mass is 127. The lowest BCUT2D eigenvalue weighted by atomic mass is 10.3. The number of primary amides is 1. The Balaban J connectivity index is 2.95. The SMILES string of the molecule is CC(I)(Oc1ccc(Cl)cc1Cl)C(N)=O. The van der Waals surface area contributed by atoms with E-state index in [0.29, 0.717) is 15.8 Å². The van der Waals surface area contributed by atoms with Gasteiger partial charge in [0.25, 0.3) is 5.91 Å². The zero-order valence-electron chi connectivity index (χ0n) is 7.76. The summed E-state index contributed by atoms with van der Waals surface area (Å²) >= 11 is 13.4. The third-order valence-electron chi connectivity index (χ3n) is 1.64. The minimum absolute atomic E-state index is 0.339. The van der Waals surface area contributed by atoms with Gasteiger partial charge in [0, 0.05) is 5.02 Å². The molecular weight excluding hydrogens is 352 g/mol. The fourth-order valence-electron chi connectivity index (χ4n) is 0.815. The van der Waals surface area contributed by atoms with Crippen LogP contribution >= 0.6 is 45.8 Å². The van der Waals surface area contributed by atoms with Gasteiger partial charge in [-0.05, 0) is 47.7 Å². The largest absolute Gasteiger partial charge is 0.466 e. The number of carbonyl (C=O) groups excluding carboxylic acids is 1. The molecule has 0 aliphatic rings. The lowest BCUT2D eigenvalue weighted by molar-refractivity contribution is -0.124. The number of nitrogens with two attached hydrogens (primary N) is 1. The van der Waals surface area contributed by atoms with E-state index < -0.39 is 9.51 Å². The maximum absolute atomic E-state index is 11.0. The van der Waals surface area contributed by atoms with Crippen molar-refractivity contribution >= 4 is 51.7 Å². The molecule has 0 bridgehead atoms. The molecule has 1 aromatic carbocycles. The van der Waals surface area contributed by atoms with Crippen LogP contribution in [-0.4, -0.2) is 9.51 Å². The molecule has 82 valence electrons. The molecule has 0 aromatic heterocycles. The number of amides is 1. The van der Waals surface area contributed by atoms with Crippen LogP contribution in [0.25, 0.3) is 0 Å². The topological polar surface area (TPSA) is 52.3 Å². The quantitative estimate of drug-likeness (QED) is 0.666. The van der Waals surface area contributed by atoms with E-state index in [1.165, 1.54) is 6.07 Å². The Kier molecular flexibility index (Phi) is 4.08. The second-order valence-electron chi connectivity index (χ2n) is 2.96. The zero-order chi connectivity index (χ0) is 11.6. The number of benzene rings is 1. The lowest BCUT2D eigenvalue weighted by Crippen LogP contribution is -2.40. The Labute approximate surface area is 111 Å². The fourth-order valence-corrected chi connectivity index (χ4v) is 1.50. The number of hydrogen-bond donors (Lipinski definition) is 1. The van der Waals surface area contributed by atoms with Gasteiger partial charge in [-0.2, -0.15) is 0 Å². The van der Waals surface area contributed by atoms with Crippen LogP contribution in [0.2, 0.25) is 10.0 Å². The first-order valence-corrected chi connectivity index (χ1v) is 5.79. The Morgan fingerprint density at radius 2 is 2.13 bits per heavy atom. The van der Waals surface area contributed by atoms with E-state index in [1.54, 1.807) is 41.6 Å². The van der Waals surface area contributed by atoms with Crippen LogP contribution < -0.4 is 10.5 Å². The molecule has 6 heteroatoms. The molecular formula is C9H8Cl2INO2. The van der Waals surface area contributed by atoms with E-state index in [2.05, 4.69) is 0 Å². The predicted octanol–water partition coefficient (Wildman–Crippen LogP) is 3.01. The summed E-state index contributed by atoms with van der Waals surface area (Å²) in [4.78, 5) is 11.0. The molecule has 15 heavy (non-hydrogen) atoms. The molecule has 3 nitrogen and oxygen atoms in total. The van der Waals surface area contributed by atoms with Gasteiger partial charge in [-0.3, -0.25) is 4.79 Å². The Hall–Kier alpha value is -0.200. The van der Waals surface area contributed by atoms with Gasteiger partial charge in [0.2, 0.25) is 3.61 Å². The number of alkyl halides is 1. The highest BCUT2D eigenvalue weighted by molar-refractivity contribution is 14.1. The minimum atomic E-state index is -1.13. The first kappa shape index (κ1) is 12.9. The van der Waals surface area contributed by atoms with Gasteiger partial charge in [0.15, 0.2) is 0 Å². The van der Waals surface area contributed by atoms with Crippen LogP contribution in [0.4, 0.5) is 0 Å². The third-order valence-corrected chi connectivity index (χ3v) is 2.92. The first-order valence-electron chi connectivity index (χ1n) is 3.96. The summed E-state index contributed by atoms with van der Waals surface area (Å²) in [6.45, 7) is 1.56. The third kappa shape index (κ3) is 3.39. The fraction of sp³-hybridized carbons (Fsp3) is 0.222. The average Bonchev–Trinajstić information content (AvgIpc) is 2.09. The van der Waals surface area contributed by atoms with E-state index in [4.69, 9.17) is 33.7 Å². The standard InChI is InChI=1S/C9H8Cl2INO2/c1-9(12,8(13)14)15-7-3-2-5(10)4-6(7)11/h2-4H,1H3,(H2,13,14). The van der Waals surface area contributed by atoms with Crippen LogP contribution in [0.1, 0.15) is 6.92 Å². The second-order valence-corrected chi connectivity index (χ2v) is 5.86. The monoisotopic (exact) mass is 359 g/mol. The van der Waals surface area contributed by atoms with Gasteiger partial charge >= 0.3 is 0 Å². The van der Waals surface area contributed by atoms with Crippen molar-refractivity contribution in [1.82, 2.24) is 0 Å². The van der Waals surface area contributed by atoms with Crippen LogP contribution in [-0.2, 0) is 4.79 Å². The lowest BCUT2D eigenvalue weighted by Gasteiger charge is -2.21. The molecule has 0 radical (unpaired) electrons. The van der Waals surface area contributed by atoms with Crippen molar-refractivity contribution in [3.05, 3.63) is 28.2 Å². The van der Waals surface area contributed by atoms with Crippen molar-refractivity contribution in [3.8, 4) is 5.75 Å². The molecule has 0 spiro atoms. The summed E-state index contributed by atoms with van der Waals surface area (Å²) in [7, 11) is 0. The van der Waals surface area contributed by atoms with Crippen LogP contribution in [0.5, 0.6) is 5.75 Å². The molecule has 0 saturated carbocycles. The van der Waals surface area contributed by atoms with Crippen molar-refractivity contribution < 1.29 is 9.53 Å². The molecule has 1 rings (SSSR count). The molecule has 1 amide bonds. The molecule has 0 saturated heterocycles. The van der Waals surface area contributed by atoms with E-state index >= 15 is 0 Å². The van der Waals surface area contributed by atoms with E-state index in [0.717, 1.165) is 0 Å². The summed E-state index contributed by atoms with van der Waals surface area (Å²) in [6, 6.07) is 4.74. The highest BCUT2D eigenvalue weighted by Gasteiger charge is 2.30.